The average Bonchev–Trinajstić information content (AvgIpc) is 0.835. The molecule has 0 heterocycles. The molecule has 0 aromatic heterocycles. The molecule has 0 fully saturated rings. The van der Waals surface area contributed by atoms with E-state index in [2.05, 4.69) is 37.9 Å². The Morgan fingerprint density at radius 2 is 0.269 bits per heavy atom. The Bertz CT molecular complexity index is 3960. The summed E-state index contributed by atoms with van der Waals surface area (Å²) in [5.74, 6) is -65.5. The Labute approximate surface area is 709 Å². The summed E-state index contributed by atoms with van der Waals surface area (Å²) < 4.78 is 31.7. The standard InChI is InChI=1S/2C28H30O30.C4H6O6.C2H4O2/c2*29-9(30)1-25(51,21(43)44)3-11(33)55-13(35)5-27(53,23(47)48)7-15(37)57-19(41)17(39)18(40)20(42)58-16(38)8-28(54,24(49)50)6-14(36)56-12(34)4-26(52,22(45)46)2-10(31)32;5-1(3(7)8)2(6)4(9)10;1-2(3)4/h2*17-18,39-40,51-54H,1-8H2,(H,29,30)(H,31,32)(H,43,44)(H,45,46)(H,47,48)(H,49,50);1-2,5-6H,(H,7,8)(H,9,10);1H3,(H,3,4). The van der Waals surface area contributed by atoms with Gasteiger partial charge in [-0.15, -0.1) is 0 Å². The summed E-state index contributed by atoms with van der Waals surface area (Å²) in [6.45, 7) is 1.08. The van der Waals surface area contributed by atoms with E-state index < -0.39 is 369 Å². The number of ether oxygens (including phenoxy) is 8. The van der Waals surface area contributed by atoms with Crippen LogP contribution in [0.5, 0.6) is 0 Å². The zero-order valence-corrected chi connectivity index (χ0v) is 64.2. The molecule has 0 aliphatic heterocycles. The molecule has 0 radical (unpaired) electrons. The minimum atomic E-state index is -3.66. The summed E-state index contributed by atoms with van der Waals surface area (Å²) in [7, 11) is 0. The van der Waals surface area contributed by atoms with Gasteiger partial charge in [0.05, 0.1) is 103 Å². The predicted octanol–water partition coefficient (Wildman–Crippen LogP) is -17.0. The van der Waals surface area contributed by atoms with Crippen molar-refractivity contribution in [3.05, 3.63) is 0 Å². The van der Waals surface area contributed by atoms with Crippen LogP contribution in [0.3, 0.4) is 0 Å². The molecule has 0 saturated heterocycles. The van der Waals surface area contributed by atoms with Crippen LogP contribution >= 0.6 is 0 Å². The molecule has 0 aromatic carbocycles. The van der Waals surface area contributed by atoms with Gasteiger partial charge in [-0.2, -0.15) is 0 Å². The largest absolute Gasteiger partial charge is 0.481 e. The van der Waals surface area contributed by atoms with Crippen molar-refractivity contribution in [1.29, 1.82) is 0 Å². The maximum absolute atomic E-state index is 12.1. The van der Waals surface area contributed by atoms with E-state index in [4.69, 9.17) is 71.2 Å². The second-order valence-electron chi connectivity index (χ2n) is 25.5. The maximum atomic E-state index is 12.1. The van der Waals surface area contributed by atoms with Gasteiger partial charge in [0.1, 0.15) is 0 Å². The van der Waals surface area contributed by atoms with Gasteiger partial charge in [0.25, 0.3) is 5.97 Å². The summed E-state index contributed by atoms with van der Waals surface area (Å²) in [5, 5.41) is 267. The third-order valence-corrected chi connectivity index (χ3v) is 14.3. The van der Waals surface area contributed by atoms with Crippen LogP contribution in [0.4, 0.5) is 0 Å². The van der Waals surface area contributed by atoms with E-state index in [1.54, 1.807) is 0 Å². The molecule has 14 unspecified atom stereocenters. The van der Waals surface area contributed by atoms with E-state index in [0.717, 1.165) is 6.92 Å². The zero-order chi connectivity index (χ0) is 103. The first kappa shape index (κ1) is 121. The van der Waals surface area contributed by atoms with Crippen LogP contribution in [0.2, 0.25) is 0 Å². The van der Waals surface area contributed by atoms with E-state index >= 15 is 0 Å². The highest BCUT2D eigenvalue weighted by atomic mass is 16.6. The fourth-order valence-electron chi connectivity index (χ4n) is 7.99. The molecule has 0 aromatic rings. The summed E-state index contributed by atoms with van der Waals surface area (Å²) in [5.41, 5.74) is -28.0. The van der Waals surface area contributed by atoms with Crippen LogP contribution in [0, 0.1) is 0 Å². The molecule has 68 heteroatoms. The number of carbonyl (C=O) groups excluding carboxylic acids is 16. The molecule has 0 spiro atoms. The van der Waals surface area contributed by atoms with Gasteiger partial charge in [0.15, 0.2) is 81.4 Å². The van der Waals surface area contributed by atoms with Crippen molar-refractivity contribution in [3.8, 4) is 0 Å². The van der Waals surface area contributed by atoms with Crippen molar-refractivity contribution in [2.75, 3.05) is 0 Å². The lowest BCUT2D eigenvalue weighted by atomic mass is 9.95. The van der Waals surface area contributed by atoms with Gasteiger partial charge in [-0.25, -0.2) is 67.1 Å². The number of esters is 16. The Morgan fingerprint density at radius 1 is 0.177 bits per heavy atom. The van der Waals surface area contributed by atoms with Crippen molar-refractivity contribution < 1.29 is 335 Å². The number of hydrogen-bond acceptors (Lipinski definition) is 53. The van der Waals surface area contributed by atoms with Gasteiger partial charge >= 0.3 is 179 Å². The topological polar surface area (TPSA) is 1190 Å². The monoisotopic (exact) mass is 1900 g/mol. The molecule has 14 atom stereocenters. The Kier molecular flexibility index (Phi) is 47.7. The second-order valence-corrected chi connectivity index (χ2v) is 25.5. The highest BCUT2D eigenvalue weighted by Crippen LogP contribution is 2.27. The summed E-state index contributed by atoms with van der Waals surface area (Å²) in [4.78, 5) is 355. The lowest BCUT2D eigenvalue weighted by Gasteiger charge is -2.23. The van der Waals surface area contributed by atoms with Crippen molar-refractivity contribution in [1.82, 2.24) is 0 Å². The maximum Gasteiger partial charge on any atom is 0.346 e. The van der Waals surface area contributed by atoms with E-state index in [-0.39, 0.29) is 0 Å². The fourth-order valence-corrected chi connectivity index (χ4v) is 7.99. The Balaban J connectivity index is -0.00000106. The van der Waals surface area contributed by atoms with E-state index in [1.165, 1.54) is 0 Å². The number of carboxylic acid groups (broad SMARTS) is 15. The highest BCUT2D eigenvalue weighted by molar-refractivity contribution is 6.03. The van der Waals surface area contributed by atoms with Gasteiger partial charge in [0.2, 0.25) is 0 Å². The number of aliphatic carboxylic acids is 15. The minimum Gasteiger partial charge on any atom is -0.481 e. The summed E-state index contributed by atoms with van der Waals surface area (Å²) in [6, 6.07) is 0. The quantitative estimate of drug-likeness (QED) is 0.0153. The van der Waals surface area contributed by atoms with Crippen molar-refractivity contribution in [2.24, 2.45) is 0 Å². The molecule has 0 aliphatic carbocycles. The summed E-state index contributed by atoms with van der Waals surface area (Å²) in [6.07, 6.45) is -46.1. The lowest BCUT2D eigenvalue weighted by Crippen LogP contribution is -2.47. The van der Waals surface area contributed by atoms with Gasteiger partial charge < -0.3 is 186 Å². The molecular weight excluding hydrogens is 1830 g/mol. The molecule has 0 amide bonds. The average molecular weight is 1900 g/mol. The van der Waals surface area contributed by atoms with Crippen molar-refractivity contribution in [3.63, 3.8) is 0 Å². The highest BCUT2D eigenvalue weighted by Gasteiger charge is 2.52. The van der Waals surface area contributed by atoms with Crippen molar-refractivity contribution >= 4 is 185 Å². The Morgan fingerprint density at radius 3 is 0.354 bits per heavy atom. The first-order valence-corrected chi connectivity index (χ1v) is 32.8. The molecule has 0 aliphatic rings. The third-order valence-electron chi connectivity index (χ3n) is 14.3. The SMILES string of the molecule is CC(=O)O.O=C(O)C(O)C(O)C(=O)O.O=C(O)CC(O)(CC(=O)OC(=O)CC(O)(CC(=O)OC(=O)C(O)C(O)C(=O)OC(=O)CC(O)(CC(=O)OC(=O)CC(O)(CC(=O)O)C(=O)O)C(=O)O)C(=O)O)C(=O)O.O=C(O)CC(O)(CC(=O)OC(=O)CC(O)(CC(=O)OC(=O)C(O)C(O)C(=O)OC(=O)CC(O)(CC(=O)OC(=O)CC(O)(CC(=O)O)C(=O)O)C(=O)O)C(=O)O)C(=O)O. The van der Waals surface area contributed by atoms with Gasteiger partial charge in [0, 0.05) is 6.92 Å². The number of aliphatic hydroxyl groups is 14. The van der Waals surface area contributed by atoms with Gasteiger partial charge in [-0.1, -0.05) is 0 Å². The molecule has 726 valence electrons. The third kappa shape index (κ3) is 43.0. The molecule has 29 N–H and O–H groups in total. The number of carbonyl (C=O) groups is 31. The van der Waals surface area contributed by atoms with Crippen LogP contribution in [0.1, 0.15) is 110 Å². The number of aliphatic hydroxyl groups excluding tert-OH is 6. The van der Waals surface area contributed by atoms with Crippen LogP contribution in [-0.2, 0) is 187 Å². The van der Waals surface area contributed by atoms with Crippen LogP contribution in [0.15, 0.2) is 0 Å². The van der Waals surface area contributed by atoms with Crippen LogP contribution in [0.25, 0.3) is 0 Å². The zero-order valence-electron chi connectivity index (χ0n) is 64.2. The smallest absolute Gasteiger partial charge is 0.346 e. The predicted molar refractivity (Wildman–Crippen MR) is 359 cm³/mol. The minimum absolute atomic E-state index is 0.833. The molecule has 68 nitrogen and oxygen atoms in total. The molecular formula is C62H70O68. The second kappa shape index (κ2) is 51.3. The first-order valence-electron chi connectivity index (χ1n) is 32.8. The van der Waals surface area contributed by atoms with Crippen LogP contribution < -0.4 is 0 Å². The van der Waals surface area contributed by atoms with E-state index in [9.17, 15) is 226 Å². The normalized spacial score (nSPS) is 15.7. The van der Waals surface area contributed by atoms with Crippen molar-refractivity contribution in [2.45, 2.75) is 191 Å². The molecule has 130 heavy (non-hydrogen) atoms. The Hall–Kier alpha value is -15.4. The summed E-state index contributed by atoms with van der Waals surface area (Å²) >= 11 is 0. The molecule has 0 rings (SSSR count). The number of rotatable bonds is 49. The first-order chi connectivity index (χ1) is 58.6. The number of hydrogen-bond donors (Lipinski definition) is 29. The van der Waals surface area contributed by atoms with Gasteiger partial charge in [-0.05, 0) is 0 Å². The molecule has 0 saturated carbocycles. The lowest BCUT2D eigenvalue weighted by molar-refractivity contribution is -0.187. The van der Waals surface area contributed by atoms with E-state index in [0.29, 0.717) is 0 Å². The van der Waals surface area contributed by atoms with E-state index in [1.807, 2.05) is 0 Å². The number of carboxylic acids is 15. The fraction of sp³-hybridized carbons (Fsp3) is 0.500. The molecule has 0 bridgehead atoms. The van der Waals surface area contributed by atoms with Gasteiger partial charge in [-0.3, -0.25) is 81.5 Å². The van der Waals surface area contributed by atoms with Crippen LogP contribution in [-0.4, -0.2) is 415 Å².